The van der Waals surface area contributed by atoms with E-state index in [0.29, 0.717) is 19.1 Å². The molecule has 0 saturated carbocycles. The van der Waals surface area contributed by atoms with Crippen molar-refractivity contribution in [2.75, 3.05) is 32.8 Å². The van der Waals surface area contributed by atoms with Gasteiger partial charge in [0.25, 0.3) is 0 Å². The van der Waals surface area contributed by atoms with E-state index in [9.17, 15) is 4.79 Å². The molecule has 1 heterocycles. The molecule has 5 heteroatoms. The van der Waals surface area contributed by atoms with Gasteiger partial charge in [0, 0.05) is 13.2 Å². The maximum absolute atomic E-state index is 11.7. The summed E-state index contributed by atoms with van der Waals surface area (Å²) in [6.07, 6.45) is 5.43. The number of likely N-dealkylation sites (N-methyl/N-ethyl adjacent to an activating group) is 1. The number of nitrogens with zero attached hydrogens (tertiary/aromatic N) is 1. The first-order valence-corrected chi connectivity index (χ1v) is 8.29. The van der Waals surface area contributed by atoms with Gasteiger partial charge in [-0.1, -0.05) is 6.92 Å². The molecule has 1 aliphatic rings. The number of carbonyl (C=O) groups excluding carboxylic acids is 1. The van der Waals surface area contributed by atoms with Gasteiger partial charge in [0.05, 0.1) is 12.7 Å². The van der Waals surface area contributed by atoms with Gasteiger partial charge in [-0.15, -0.1) is 0 Å². The van der Waals surface area contributed by atoms with Crippen LogP contribution in [0.25, 0.3) is 0 Å². The fourth-order valence-electron chi connectivity index (χ4n) is 2.68. The topological polar surface area (TPSA) is 64.8 Å². The standard InChI is InChI=1S/C16H32N2O3/c1-4-18(13-14-9-8-12-21-14)11-7-6-10-16(3,17)15(19)20-5-2/h14H,4-13,17H2,1-3H3. The van der Waals surface area contributed by atoms with Crippen LogP contribution in [0, 0.1) is 0 Å². The predicted octanol–water partition coefficient (Wildman–Crippen LogP) is 1.94. The molecule has 0 spiro atoms. The molecule has 2 N–H and O–H groups in total. The van der Waals surface area contributed by atoms with E-state index in [-0.39, 0.29) is 5.97 Å². The van der Waals surface area contributed by atoms with E-state index in [0.717, 1.165) is 39.1 Å². The van der Waals surface area contributed by atoms with Crippen molar-refractivity contribution in [3.8, 4) is 0 Å². The monoisotopic (exact) mass is 300 g/mol. The lowest BCUT2D eigenvalue weighted by Gasteiger charge is -2.25. The molecule has 21 heavy (non-hydrogen) atoms. The fourth-order valence-corrected chi connectivity index (χ4v) is 2.68. The van der Waals surface area contributed by atoms with E-state index in [1.165, 1.54) is 12.8 Å². The maximum atomic E-state index is 11.7. The fraction of sp³-hybridized carbons (Fsp3) is 0.938. The molecular weight excluding hydrogens is 268 g/mol. The average molecular weight is 300 g/mol. The van der Waals surface area contributed by atoms with Crippen molar-refractivity contribution in [3.05, 3.63) is 0 Å². The molecule has 0 aromatic rings. The van der Waals surface area contributed by atoms with Gasteiger partial charge in [-0.05, 0) is 59.0 Å². The molecule has 0 bridgehead atoms. The Morgan fingerprint density at radius 2 is 2.19 bits per heavy atom. The molecule has 5 nitrogen and oxygen atoms in total. The number of nitrogens with two attached hydrogens (primary N) is 1. The molecule has 1 rings (SSSR count). The highest BCUT2D eigenvalue weighted by Gasteiger charge is 2.29. The third kappa shape index (κ3) is 6.76. The minimum atomic E-state index is -0.860. The zero-order chi connectivity index (χ0) is 15.7. The van der Waals surface area contributed by atoms with Gasteiger partial charge in [-0.3, -0.25) is 4.79 Å². The van der Waals surface area contributed by atoms with Crippen LogP contribution >= 0.6 is 0 Å². The highest BCUT2D eigenvalue weighted by atomic mass is 16.5. The van der Waals surface area contributed by atoms with E-state index in [2.05, 4.69) is 11.8 Å². The summed E-state index contributed by atoms with van der Waals surface area (Å²) in [5.41, 5.74) is 5.16. The number of hydrogen-bond donors (Lipinski definition) is 1. The highest BCUT2D eigenvalue weighted by molar-refractivity contribution is 5.79. The SMILES string of the molecule is CCOC(=O)C(C)(N)CCCCN(CC)CC1CCCO1. The van der Waals surface area contributed by atoms with Crippen molar-refractivity contribution in [3.63, 3.8) is 0 Å². The minimum Gasteiger partial charge on any atom is -0.465 e. The van der Waals surface area contributed by atoms with Crippen LogP contribution in [-0.4, -0.2) is 55.4 Å². The summed E-state index contributed by atoms with van der Waals surface area (Å²) in [6, 6.07) is 0. The lowest BCUT2D eigenvalue weighted by atomic mass is 9.96. The zero-order valence-corrected chi connectivity index (χ0v) is 13.9. The molecule has 0 aliphatic carbocycles. The molecule has 1 aliphatic heterocycles. The quantitative estimate of drug-likeness (QED) is 0.493. The molecule has 1 fully saturated rings. The van der Waals surface area contributed by atoms with Crippen molar-refractivity contribution >= 4 is 5.97 Å². The van der Waals surface area contributed by atoms with Crippen molar-refractivity contribution in [1.82, 2.24) is 4.90 Å². The summed E-state index contributed by atoms with van der Waals surface area (Å²) in [5, 5.41) is 0. The van der Waals surface area contributed by atoms with Crippen LogP contribution < -0.4 is 5.73 Å². The maximum Gasteiger partial charge on any atom is 0.325 e. The zero-order valence-electron chi connectivity index (χ0n) is 13.9. The predicted molar refractivity (Wildman–Crippen MR) is 84.2 cm³/mol. The number of ether oxygens (including phenoxy) is 2. The van der Waals surface area contributed by atoms with Crippen LogP contribution in [0.5, 0.6) is 0 Å². The van der Waals surface area contributed by atoms with Gasteiger partial charge >= 0.3 is 5.97 Å². The van der Waals surface area contributed by atoms with Gasteiger partial charge in [0.2, 0.25) is 0 Å². The van der Waals surface area contributed by atoms with Crippen molar-refractivity contribution in [1.29, 1.82) is 0 Å². The lowest BCUT2D eigenvalue weighted by Crippen LogP contribution is -2.46. The molecule has 2 unspecified atom stereocenters. The molecule has 0 radical (unpaired) electrons. The Kier molecular flexibility index (Phi) is 8.22. The Balaban J connectivity index is 2.20. The number of carbonyl (C=O) groups is 1. The normalized spacial score (nSPS) is 21.5. The molecule has 0 aromatic carbocycles. The molecular formula is C16H32N2O3. The third-order valence-corrected chi connectivity index (χ3v) is 4.10. The van der Waals surface area contributed by atoms with Crippen molar-refractivity contribution in [2.24, 2.45) is 5.73 Å². The first kappa shape index (κ1) is 18.4. The van der Waals surface area contributed by atoms with Gasteiger partial charge in [0.15, 0.2) is 0 Å². The smallest absolute Gasteiger partial charge is 0.325 e. The summed E-state index contributed by atoms with van der Waals surface area (Å²) in [6.45, 7) is 10.1. The van der Waals surface area contributed by atoms with Crippen molar-refractivity contribution < 1.29 is 14.3 Å². The number of hydrogen-bond acceptors (Lipinski definition) is 5. The Morgan fingerprint density at radius 1 is 1.43 bits per heavy atom. The van der Waals surface area contributed by atoms with Gasteiger partial charge < -0.3 is 20.1 Å². The minimum absolute atomic E-state index is 0.295. The van der Waals surface area contributed by atoms with Crippen LogP contribution in [-0.2, 0) is 14.3 Å². The second-order valence-electron chi connectivity index (χ2n) is 6.12. The van der Waals surface area contributed by atoms with E-state index < -0.39 is 5.54 Å². The first-order chi connectivity index (χ1) is 9.99. The van der Waals surface area contributed by atoms with Crippen LogP contribution in [0.15, 0.2) is 0 Å². The molecule has 0 aromatic heterocycles. The number of rotatable bonds is 10. The van der Waals surface area contributed by atoms with Crippen LogP contribution in [0.3, 0.4) is 0 Å². The Morgan fingerprint density at radius 3 is 2.76 bits per heavy atom. The van der Waals surface area contributed by atoms with Crippen molar-refractivity contribution in [2.45, 2.75) is 64.5 Å². The Hall–Kier alpha value is -0.650. The Bertz CT molecular complexity index is 302. The second kappa shape index (κ2) is 9.38. The van der Waals surface area contributed by atoms with Gasteiger partial charge in [0.1, 0.15) is 5.54 Å². The van der Waals surface area contributed by atoms with Crippen LogP contribution in [0.4, 0.5) is 0 Å². The van der Waals surface area contributed by atoms with Crippen LogP contribution in [0.2, 0.25) is 0 Å². The molecule has 1 saturated heterocycles. The third-order valence-electron chi connectivity index (χ3n) is 4.10. The second-order valence-corrected chi connectivity index (χ2v) is 6.12. The number of unbranched alkanes of at least 4 members (excludes halogenated alkanes) is 1. The summed E-state index contributed by atoms with van der Waals surface area (Å²) >= 11 is 0. The average Bonchev–Trinajstić information content (AvgIpc) is 2.95. The van der Waals surface area contributed by atoms with E-state index in [1.54, 1.807) is 13.8 Å². The van der Waals surface area contributed by atoms with E-state index in [1.807, 2.05) is 0 Å². The van der Waals surface area contributed by atoms with E-state index in [4.69, 9.17) is 15.2 Å². The first-order valence-electron chi connectivity index (χ1n) is 8.29. The number of esters is 1. The van der Waals surface area contributed by atoms with Gasteiger partial charge in [-0.25, -0.2) is 0 Å². The van der Waals surface area contributed by atoms with E-state index >= 15 is 0 Å². The van der Waals surface area contributed by atoms with Gasteiger partial charge in [-0.2, -0.15) is 0 Å². The summed E-state index contributed by atoms with van der Waals surface area (Å²) in [5.74, 6) is -0.295. The largest absolute Gasteiger partial charge is 0.465 e. The lowest BCUT2D eigenvalue weighted by molar-refractivity contribution is -0.149. The molecule has 0 amide bonds. The summed E-state index contributed by atoms with van der Waals surface area (Å²) < 4.78 is 10.7. The van der Waals surface area contributed by atoms with Crippen LogP contribution in [0.1, 0.15) is 52.9 Å². The molecule has 2 atom stereocenters. The highest BCUT2D eigenvalue weighted by Crippen LogP contribution is 2.15. The summed E-state index contributed by atoms with van der Waals surface area (Å²) in [4.78, 5) is 14.1. The molecule has 124 valence electrons. The summed E-state index contributed by atoms with van der Waals surface area (Å²) in [7, 11) is 0. The Labute approximate surface area is 129 Å².